The van der Waals surface area contributed by atoms with Gasteiger partial charge in [-0.15, -0.1) is 0 Å². The Morgan fingerprint density at radius 3 is 2.10 bits per heavy atom. The predicted molar refractivity (Wildman–Crippen MR) is 107 cm³/mol. The van der Waals surface area contributed by atoms with Crippen LogP contribution < -0.4 is 5.32 Å². The molecule has 1 saturated heterocycles. The van der Waals surface area contributed by atoms with E-state index in [-0.39, 0.29) is 17.3 Å². The van der Waals surface area contributed by atoms with E-state index in [2.05, 4.69) is 5.32 Å². The highest BCUT2D eigenvalue weighted by atomic mass is 16.6. The molecule has 0 radical (unpaired) electrons. The van der Waals surface area contributed by atoms with E-state index in [1.807, 2.05) is 34.6 Å². The molecular weight excluding hydrogens is 376 g/mol. The molecule has 0 aromatic heterocycles. The molecule has 8 nitrogen and oxygen atoms in total. The molecule has 2 fully saturated rings. The van der Waals surface area contributed by atoms with Crippen molar-refractivity contribution in [3.63, 3.8) is 0 Å². The Labute approximate surface area is 173 Å². The maximum Gasteiger partial charge on any atom is 0.408 e. The third kappa shape index (κ3) is 5.21. The Bertz CT molecular complexity index is 676. The van der Waals surface area contributed by atoms with Gasteiger partial charge in [0, 0.05) is 12.5 Å². The van der Waals surface area contributed by atoms with E-state index in [9.17, 15) is 19.5 Å². The lowest BCUT2D eigenvalue weighted by atomic mass is 9.99. The Balaban J connectivity index is 2.24. The Kier molecular flexibility index (Phi) is 6.03. The number of amides is 2. The first-order valence-corrected chi connectivity index (χ1v) is 10.2. The van der Waals surface area contributed by atoms with Crippen molar-refractivity contribution in [1.29, 1.82) is 0 Å². The van der Waals surface area contributed by atoms with Crippen LogP contribution in [0.2, 0.25) is 0 Å². The summed E-state index contributed by atoms with van der Waals surface area (Å²) in [6.45, 7) is 16.9. The van der Waals surface area contributed by atoms with Gasteiger partial charge in [-0.25, -0.2) is 9.59 Å². The van der Waals surface area contributed by atoms with Gasteiger partial charge in [-0.1, -0.05) is 13.8 Å². The third-order valence-electron chi connectivity index (χ3n) is 5.69. The fourth-order valence-corrected chi connectivity index (χ4v) is 4.41. The normalized spacial score (nSPS) is 27.6. The number of carboxylic acids is 1. The second-order valence-electron chi connectivity index (χ2n) is 10.8. The first kappa shape index (κ1) is 23.4. The Morgan fingerprint density at radius 2 is 1.66 bits per heavy atom. The molecule has 8 heteroatoms. The van der Waals surface area contributed by atoms with Crippen LogP contribution in [-0.4, -0.2) is 63.9 Å². The average molecular weight is 413 g/mol. The molecule has 166 valence electrons. The molecule has 1 heterocycles. The Hall–Kier alpha value is -1.83. The van der Waals surface area contributed by atoms with Crippen LogP contribution in [0.1, 0.15) is 62.3 Å². The first-order chi connectivity index (χ1) is 13.0. The molecule has 2 N–H and O–H groups in total. The van der Waals surface area contributed by atoms with Crippen LogP contribution in [0.4, 0.5) is 4.79 Å². The summed E-state index contributed by atoms with van der Waals surface area (Å²) in [6, 6.07) is -1.95. The van der Waals surface area contributed by atoms with Crippen molar-refractivity contribution in [1.82, 2.24) is 10.2 Å². The van der Waals surface area contributed by atoms with Gasteiger partial charge < -0.3 is 24.8 Å². The monoisotopic (exact) mass is 412 g/mol. The van der Waals surface area contributed by atoms with E-state index in [0.717, 1.165) is 0 Å². The summed E-state index contributed by atoms with van der Waals surface area (Å²) in [6.07, 6.45) is -1.41. The van der Waals surface area contributed by atoms with Gasteiger partial charge in [0.1, 0.15) is 17.7 Å². The molecule has 2 amide bonds. The van der Waals surface area contributed by atoms with Gasteiger partial charge >= 0.3 is 12.1 Å². The number of piperidine rings is 1. The van der Waals surface area contributed by atoms with Gasteiger partial charge in [0.2, 0.25) is 5.91 Å². The number of nitrogens with one attached hydrogen (secondary N) is 1. The highest BCUT2D eigenvalue weighted by Gasteiger charge is 2.70. The van der Waals surface area contributed by atoms with Gasteiger partial charge in [-0.3, -0.25) is 4.79 Å². The smallest absolute Gasteiger partial charge is 0.408 e. The standard InChI is InChI=1S/C21H36N2O6/c1-11(28-19(2,3)4)14(22-18(27)29-20(5,6)7)16(24)23-10-12-13(21(12,8)9)15(23)17(25)26/h11-15H,10H2,1-9H3,(H,22,27)(H,25,26)/t11-,12+,13+,14+,15+/m1/s1. The van der Waals surface area contributed by atoms with Gasteiger partial charge in [0.05, 0.1) is 11.7 Å². The largest absolute Gasteiger partial charge is 0.480 e. The first-order valence-electron chi connectivity index (χ1n) is 10.2. The quantitative estimate of drug-likeness (QED) is 0.719. The van der Waals surface area contributed by atoms with Crippen molar-refractivity contribution in [3.8, 4) is 0 Å². The summed E-state index contributed by atoms with van der Waals surface area (Å²) in [5.74, 6) is -1.40. The number of ether oxygens (including phenoxy) is 2. The zero-order valence-corrected chi connectivity index (χ0v) is 19.0. The molecule has 0 bridgehead atoms. The minimum absolute atomic E-state index is 0.0787. The summed E-state index contributed by atoms with van der Waals surface area (Å²) in [4.78, 5) is 39.1. The van der Waals surface area contributed by atoms with Crippen molar-refractivity contribution in [2.45, 2.75) is 91.7 Å². The third-order valence-corrected chi connectivity index (χ3v) is 5.69. The van der Waals surface area contributed by atoms with Gasteiger partial charge in [0.25, 0.3) is 0 Å². The van der Waals surface area contributed by atoms with E-state index >= 15 is 0 Å². The fraction of sp³-hybridized carbons (Fsp3) is 0.857. The van der Waals surface area contributed by atoms with E-state index < -0.39 is 47.4 Å². The van der Waals surface area contributed by atoms with Crippen LogP contribution in [0.3, 0.4) is 0 Å². The van der Waals surface area contributed by atoms with Gasteiger partial charge in [-0.2, -0.15) is 0 Å². The molecule has 1 saturated carbocycles. The van der Waals surface area contributed by atoms with Gasteiger partial charge in [0.15, 0.2) is 0 Å². The van der Waals surface area contributed by atoms with E-state index in [4.69, 9.17) is 9.47 Å². The highest BCUT2D eigenvalue weighted by molar-refractivity contribution is 5.91. The molecule has 0 aromatic rings. The van der Waals surface area contributed by atoms with Crippen molar-refractivity contribution in [3.05, 3.63) is 0 Å². The number of hydrogen-bond donors (Lipinski definition) is 2. The molecule has 1 aliphatic carbocycles. The number of nitrogens with zero attached hydrogens (tertiary/aromatic N) is 1. The minimum atomic E-state index is -1.05. The zero-order chi connectivity index (χ0) is 22.5. The van der Waals surface area contributed by atoms with Gasteiger partial charge in [-0.05, 0) is 59.8 Å². The van der Waals surface area contributed by atoms with Crippen molar-refractivity contribution in [2.24, 2.45) is 17.3 Å². The number of hydrogen-bond acceptors (Lipinski definition) is 5. The highest BCUT2D eigenvalue weighted by Crippen LogP contribution is 2.64. The van der Waals surface area contributed by atoms with Crippen LogP contribution in [0, 0.1) is 17.3 Å². The second-order valence-corrected chi connectivity index (χ2v) is 10.8. The van der Waals surface area contributed by atoms with Crippen LogP contribution in [0.15, 0.2) is 0 Å². The van der Waals surface area contributed by atoms with E-state index in [1.54, 1.807) is 27.7 Å². The van der Waals surface area contributed by atoms with Crippen molar-refractivity contribution < 1.29 is 29.0 Å². The number of rotatable bonds is 5. The minimum Gasteiger partial charge on any atom is -0.480 e. The molecule has 5 atom stereocenters. The summed E-state index contributed by atoms with van der Waals surface area (Å²) < 4.78 is 11.2. The number of alkyl carbamates (subject to hydrolysis) is 1. The van der Waals surface area contributed by atoms with Crippen LogP contribution in [0.5, 0.6) is 0 Å². The second kappa shape index (κ2) is 7.45. The summed E-state index contributed by atoms with van der Waals surface area (Å²) in [5, 5.41) is 12.4. The lowest BCUT2D eigenvalue weighted by Crippen LogP contribution is -2.59. The maximum absolute atomic E-state index is 13.4. The number of likely N-dealkylation sites (tertiary alicyclic amines) is 1. The molecule has 2 aliphatic rings. The molecule has 0 unspecified atom stereocenters. The predicted octanol–water partition coefficient (Wildman–Crippen LogP) is 2.65. The molecule has 0 spiro atoms. The number of carbonyl (C=O) groups excluding carboxylic acids is 2. The lowest BCUT2D eigenvalue weighted by molar-refractivity contribution is -0.154. The molecule has 2 rings (SSSR count). The fourth-order valence-electron chi connectivity index (χ4n) is 4.41. The van der Waals surface area contributed by atoms with Crippen LogP contribution in [0.25, 0.3) is 0 Å². The summed E-state index contributed by atoms with van der Waals surface area (Å²) in [7, 11) is 0. The van der Waals surface area contributed by atoms with Crippen molar-refractivity contribution >= 4 is 18.0 Å². The lowest BCUT2D eigenvalue weighted by Gasteiger charge is -2.36. The zero-order valence-electron chi connectivity index (χ0n) is 19.0. The SMILES string of the molecule is C[C@@H](OC(C)(C)C)[C@H](NC(=O)OC(C)(C)C)C(=O)N1C[C@H]2[C@@H]([C@H]1C(=O)O)C2(C)C. The number of carbonyl (C=O) groups is 3. The van der Waals surface area contributed by atoms with Crippen LogP contribution >= 0.6 is 0 Å². The topological polar surface area (TPSA) is 105 Å². The number of carboxylic acid groups (broad SMARTS) is 1. The number of fused-ring (bicyclic) bond motifs is 1. The van der Waals surface area contributed by atoms with E-state index in [1.165, 1.54) is 4.90 Å². The van der Waals surface area contributed by atoms with Crippen LogP contribution in [-0.2, 0) is 19.1 Å². The summed E-state index contributed by atoms with van der Waals surface area (Å²) >= 11 is 0. The molecular formula is C21H36N2O6. The molecule has 1 aliphatic heterocycles. The summed E-state index contributed by atoms with van der Waals surface area (Å²) in [5.41, 5.74) is -1.37. The molecule has 0 aromatic carbocycles. The molecule has 29 heavy (non-hydrogen) atoms. The van der Waals surface area contributed by atoms with Crippen molar-refractivity contribution in [2.75, 3.05) is 6.54 Å². The number of aliphatic carboxylic acids is 1. The maximum atomic E-state index is 13.4. The Morgan fingerprint density at radius 1 is 1.10 bits per heavy atom. The van der Waals surface area contributed by atoms with E-state index in [0.29, 0.717) is 6.54 Å². The average Bonchev–Trinajstić information content (AvgIpc) is 2.88.